The molecular weight excluding hydrogens is 162 g/mol. The fourth-order valence-electron chi connectivity index (χ4n) is 1.09. The van der Waals surface area contributed by atoms with Gasteiger partial charge < -0.3 is 15.5 Å². The Labute approximate surface area is 68.7 Å². The lowest BCUT2D eigenvalue weighted by Gasteiger charge is -2.14. The second-order valence-electron chi connectivity index (χ2n) is 2.65. The minimum absolute atomic E-state index is 0.242. The van der Waals surface area contributed by atoms with Crippen LogP contribution in [0.15, 0.2) is 11.6 Å². The van der Waals surface area contributed by atoms with Crippen LogP contribution < -0.4 is 5.32 Å². The number of aliphatic carboxylic acids is 2. The summed E-state index contributed by atoms with van der Waals surface area (Å²) in [5, 5.41) is 18.6. The summed E-state index contributed by atoms with van der Waals surface area (Å²) in [6.07, 6.45) is 1.76. The highest BCUT2D eigenvalue weighted by Crippen LogP contribution is 2.01. The number of carboxylic acids is 2. The molecule has 4 N–H and O–H groups in total. The smallest absolute Gasteiger partial charge is 0.362 e. The Hall–Kier alpha value is -1.36. The Kier molecular flexibility index (Phi) is 2.44. The van der Waals surface area contributed by atoms with Crippen molar-refractivity contribution >= 4 is 11.9 Å². The average Bonchev–Trinajstić information content (AvgIpc) is 2.04. The van der Waals surface area contributed by atoms with Crippen LogP contribution in [0.25, 0.3) is 0 Å². The summed E-state index contributed by atoms with van der Waals surface area (Å²) in [6.45, 7) is 0.242. The van der Waals surface area contributed by atoms with Crippen molar-refractivity contribution in [1.29, 1.82) is 0 Å². The van der Waals surface area contributed by atoms with Crippen LogP contribution in [0.2, 0.25) is 0 Å². The quantitative estimate of drug-likeness (QED) is 0.468. The van der Waals surface area contributed by atoms with Gasteiger partial charge in [0.1, 0.15) is 6.54 Å². The normalized spacial score (nSPS) is 23.0. The molecule has 5 heteroatoms. The highest BCUT2D eigenvalue weighted by Gasteiger charge is 2.25. The highest BCUT2D eigenvalue weighted by atomic mass is 16.4. The van der Waals surface area contributed by atoms with Gasteiger partial charge in [-0.2, -0.15) is 0 Å². The number of hydrogen-bond donors (Lipinski definition) is 3. The van der Waals surface area contributed by atoms with Gasteiger partial charge in [0, 0.05) is 6.42 Å². The fraction of sp³-hybridized carbons (Fsp3) is 0.429. The van der Waals surface area contributed by atoms with Crippen molar-refractivity contribution in [3.8, 4) is 0 Å². The van der Waals surface area contributed by atoms with Crippen LogP contribution in [0.5, 0.6) is 0 Å². The van der Waals surface area contributed by atoms with Gasteiger partial charge in [-0.25, -0.2) is 9.59 Å². The highest BCUT2D eigenvalue weighted by molar-refractivity contribution is 5.87. The van der Waals surface area contributed by atoms with Crippen molar-refractivity contribution in [1.82, 2.24) is 0 Å². The van der Waals surface area contributed by atoms with Gasteiger partial charge in [0.25, 0.3) is 0 Å². The van der Waals surface area contributed by atoms with Crippen molar-refractivity contribution in [2.75, 3.05) is 6.54 Å². The molecule has 66 valence electrons. The minimum atomic E-state index is -0.963. The third-order valence-electron chi connectivity index (χ3n) is 1.83. The number of hydrogen-bond acceptors (Lipinski definition) is 2. The van der Waals surface area contributed by atoms with Gasteiger partial charge in [0.15, 0.2) is 6.04 Å². The maximum atomic E-state index is 10.4. The Morgan fingerprint density at radius 3 is 2.50 bits per heavy atom. The van der Waals surface area contributed by atoms with Crippen LogP contribution >= 0.6 is 0 Å². The number of carbonyl (C=O) groups is 2. The molecule has 5 nitrogen and oxygen atoms in total. The maximum absolute atomic E-state index is 10.4. The van der Waals surface area contributed by atoms with Gasteiger partial charge in [-0.15, -0.1) is 0 Å². The second-order valence-corrected chi connectivity index (χ2v) is 2.65. The molecule has 0 saturated carbocycles. The SMILES string of the molecule is O=C(O)C1=CC[C@@H](C(=O)O)[NH2+]C1. The molecule has 1 atom stereocenters. The van der Waals surface area contributed by atoms with Gasteiger partial charge >= 0.3 is 11.9 Å². The van der Waals surface area contributed by atoms with E-state index in [1.807, 2.05) is 0 Å². The molecule has 0 radical (unpaired) electrons. The summed E-state index contributed by atoms with van der Waals surface area (Å²) in [4.78, 5) is 20.8. The molecular formula is C7H10NO4+. The minimum Gasteiger partial charge on any atom is -0.478 e. The number of quaternary nitrogens is 1. The molecule has 0 fully saturated rings. The zero-order chi connectivity index (χ0) is 9.14. The van der Waals surface area contributed by atoms with Crippen LogP contribution in [-0.4, -0.2) is 34.7 Å². The zero-order valence-electron chi connectivity index (χ0n) is 6.36. The standard InChI is InChI=1S/C7H9NO4/c9-6(10)4-1-2-5(7(11)12)8-3-4/h1,5,8H,2-3H2,(H,9,10)(H,11,12)/p+1/t5-/m0/s1. The summed E-state index contributed by atoms with van der Waals surface area (Å²) in [5.74, 6) is -1.86. The molecule has 0 aromatic rings. The van der Waals surface area contributed by atoms with E-state index in [1.54, 1.807) is 0 Å². The largest absolute Gasteiger partial charge is 0.478 e. The van der Waals surface area contributed by atoms with Crippen molar-refractivity contribution in [2.45, 2.75) is 12.5 Å². The van der Waals surface area contributed by atoms with Crippen molar-refractivity contribution in [3.63, 3.8) is 0 Å². The van der Waals surface area contributed by atoms with Crippen molar-refractivity contribution < 1.29 is 25.1 Å². The van der Waals surface area contributed by atoms with Gasteiger partial charge in [0.05, 0.1) is 5.57 Å². The topological polar surface area (TPSA) is 91.2 Å². The van der Waals surface area contributed by atoms with Crippen LogP contribution in [0.1, 0.15) is 6.42 Å². The van der Waals surface area contributed by atoms with E-state index in [1.165, 1.54) is 11.4 Å². The lowest BCUT2D eigenvalue weighted by Crippen LogP contribution is -2.93. The summed E-state index contributed by atoms with van der Waals surface area (Å²) in [5.41, 5.74) is 0.285. The van der Waals surface area contributed by atoms with Gasteiger partial charge in [-0.1, -0.05) is 6.08 Å². The first-order valence-corrected chi connectivity index (χ1v) is 3.59. The first-order chi connectivity index (χ1) is 5.61. The van der Waals surface area contributed by atoms with Crippen LogP contribution in [0, 0.1) is 0 Å². The van der Waals surface area contributed by atoms with Crippen molar-refractivity contribution in [3.05, 3.63) is 11.6 Å². The summed E-state index contributed by atoms with van der Waals surface area (Å²) in [6, 6.07) is -0.520. The summed E-state index contributed by atoms with van der Waals surface area (Å²) < 4.78 is 0. The molecule has 0 saturated heterocycles. The van der Waals surface area contributed by atoms with E-state index in [0.29, 0.717) is 0 Å². The Morgan fingerprint density at radius 1 is 1.50 bits per heavy atom. The molecule has 0 bridgehead atoms. The van der Waals surface area contributed by atoms with Crippen LogP contribution in [-0.2, 0) is 9.59 Å². The fourth-order valence-corrected chi connectivity index (χ4v) is 1.09. The van der Waals surface area contributed by atoms with E-state index in [2.05, 4.69) is 0 Å². The maximum Gasteiger partial charge on any atom is 0.362 e. The molecule has 1 aliphatic heterocycles. The molecule has 0 amide bonds. The molecule has 1 heterocycles. The van der Waals surface area contributed by atoms with E-state index in [4.69, 9.17) is 10.2 Å². The predicted octanol–water partition coefficient (Wildman–Crippen LogP) is -1.58. The third kappa shape index (κ3) is 1.82. The number of rotatable bonds is 2. The van der Waals surface area contributed by atoms with Gasteiger partial charge in [-0.05, 0) is 0 Å². The molecule has 0 aromatic heterocycles. The Morgan fingerprint density at radius 2 is 2.17 bits per heavy atom. The first-order valence-electron chi connectivity index (χ1n) is 3.59. The van der Waals surface area contributed by atoms with E-state index < -0.39 is 18.0 Å². The lowest BCUT2D eigenvalue weighted by molar-refractivity contribution is -0.673. The molecule has 0 aliphatic carbocycles. The van der Waals surface area contributed by atoms with E-state index in [0.717, 1.165) is 0 Å². The van der Waals surface area contributed by atoms with E-state index in [9.17, 15) is 9.59 Å². The molecule has 1 aliphatic rings. The molecule has 12 heavy (non-hydrogen) atoms. The van der Waals surface area contributed by atoms with E-state index in [-0.39, 0.29) is 18.5 Å². The average molecular weight is 172 g/mol. The van der Waals surface area contributed by atoms with Crippen LogP contribution in [0.4, 0.5) is 0 Å². The zero-order valence-corrected chi connectivity index (χ0v) is 6.36. The second kappa shape index (κ2) is 3.36. The first kappa shape index (κ1) is 8.73. The molecule has 0 spiro atoms. The third-order valence-corrected chi connectivity index (χ3v) is 1.83. The lowest BCUT2D eigenvalue weighted by atomic mass is 10.1. The monoisotopic (exact) mass is 172 g/mol. The van der Waals surface area contributed by atoms with Gasteiger partial charge in [-0.3, -0.25) is 0 Å². The number of carboxylic acid groups (broad SMARTS) is 2. The number of nitrogens with two attached hydrogens (primary N) is 1. The summed E-state index contributed by atoms with van der Waals surface area (Å²) in [7, 11) is 0. The van der Waals surface area contributed by atoms with Crippen molar-refractivity contribution in [2.24, 2.45) is 0 Å². The summed E-state index contributed by atoms with van der Waals surface area (Å²) >= 11 is 0. The Balaban J connectivity index is 2.59. The van der Waals surface area contributed by atoms with Crippen LogP contribution in [0.3, 0.4) is 0 Å². The molecule has 0 unspecified atom stereocenters. The molecule has 1 rings (SSSR count). The van der Waals surface area contributed by atoms with E-state index >= 15 is 0 Å². The predicted molar refractivity (Wildman–Crippen MR) is 38.6 cm³/mol. The Bertz CT molecular complexity index is 246. The van der Waals surface area contributed by atoms with Gasteiger partial charge in [0.2, 0.25) is 0 Å². The molecule has 0 aromatic carbocycles.